The minimum atomic E-state index is 0.148. The monoisotopic (exact) mass is 225 g/mol. The molecule has 92 valence electrons. The molecule has 1 saturated carbocycles. The maximum absolute atomic E-state index is 8.76. The standard InChI is InChI=1S/C10H17NO.2CH3N/c11-10(3-4-12)9-6-7-1-2-8(9)5-7;2*1-2/h7,10,12H,1-6,11H2;2*2H,1H2. The highest BCUT2D eigenvalue weighted by Gasteiger charge is 2.31. The highest BCUT2D eigenvalue weighted by Crippen LogP contribution is 2.45. The Morgan fingerprint density at radius 3 is 2.31 bits per heavy atom. The van der Waals surface area contributed by atoms with Gasteiger partial charge in [0.1, 0.15) is 0 Å². The molecule has 4 nitrogen and oxygen atoms in total. The van der Waals surface area contributed by atoms with Crippen molar-refractivity contribution in [1.82, 2.24) is 0 Å². The van der Waals surface area contributed by atoms with Gasteiger partial charge in [0, 0.05) is 12.6 Å². The Morgan fingerprint density at radius 2 is 1.94 bits per heavy atom. The van der Waals surface area contributed by atoms with Crippen molar-refractivity contribution < 1.29 is 5.11 Å². The van der Waals surface area contributed by atoms with Crippen LogP contribution in [0.15, 0.2) is 11.1 Å². The second-order valence-corrected chi connectivity index (χ2v) is 4.06. The van der Waals surface area contributed by atoms with Gasteiger partial charge in [-0.05, 0) is 51.5 Å². The minimum absolute atomic E-state index is 0.148. The van der Waals surface area contributed by atoms with Crippen LogP contribution in [0.3, 0.4) is 0 Å². The minimum Gasteiger partial charge on any atom is -0.396 e. The van der Waals surface area contributed by atoms with E-state index in [1.165, 1.54) is 31.3 Å². The van der Waals surface area contributed by atoms with Gasteiger partial charge >= 0.3 is 0 Å². The summed E-state index contributed by atoms with van der Waals surface area (Å²) < 4.78 is 0. The zero-order chi connectivity index (χ0) is 12.6. The molecule has 2 aliphatic carbocycles. The molecule has 0 spiro atoms. The van der Waals surface area contributed by atoms with E-state index >= 15 is 0 Å². The molecule has 0 amide bonds. The summed E-state index contributed by atoms with van der Waals surface area (Å²) in [6.07, 6.45) is 5.92. The molecule has 2 atom stereocenters. The van der Waals surface area contributed by atoms with E-state index in [0.29, 0.717) is 0 Å². The van der Waals surface area contributed by atoms with Gasteiger partial charge in [0.2, 0.25) is 0 Å². The molecule has 0 aliphatic heterocycles. The van der Waals surface area contributed by atoms with E-state index in [-0.39, 0.29) is 12.6 Å². The van der Waals surface area contributed by atoms with Gasteiger partial charge in [0.25, 0.3) is 0 Å². The van der Waals surface area contributed by atoms with Crippen molar-refractivity contribution in [3.8, 4) is 0 Å². The molecule has 0 aromatic rings. The smallest absolute Gasteiger partial charge is 0.0448 e. The van der Waals surface area contributed by atoms with Crippen LogP contribution in [-0.4, -0.2) is 31.2 Å². The lowest BCUT2D eigenvalue weighted by Crippen LogP contribution is -2.25. The molecule has 16 heavy (non-hydrogen) atoms. The topological polar surface area (TPSA) is 94.0 Å². The number of nitrogens with one attached hydrogen (secondary N) is 2. The van der Waals surface area contributed by atoms with E-state index < -0.39 is 0 Å². The Morgan fingerprint density at radius 1 is 1.31 bits per heavy atom. The van der Waals surface area contributed by atoms with Crippen LogP contribution in [0.2, 0.25) is 0 Å². The molecular formula is C12H23N3O. The van der Waals surface area contributed by atoms with E-state index in [1.54, 1.807) is 5.57 Å². The van der Waals surface area contributed by atoms with Crippen molar-refractivity contribution in [1.29, 1.82) is 10.8 Å². The summed E-state index contributed by atoms with van der Waals surface area (Å²) >= 11 is 0. The van der Waals surface area contributed by atoms with Gasteiger partial charge in [0.15, 0.2) is 0 Å². The Balaban J connectivity index is 0.000000509. The molecule has 5 N–H and O–H groups in total. The van der Waals surface area contributed by atoms with Crippen LogP contribution in [0.4, 0.5) is 0 Å². The summed E-state index contributed by atoms with van der Waals surface area (Å²) in [6, 6.07) is 0.148. The first-order valence-electron chi connectivity index (χ1n) is 5.59. The predicted octanol–water partition coefficient (Wildman–Crippen LogP) is 1.73. The average Bonchev–Trinajstić information content (AvgIpc) is 2.96. The van der Waals surface area contributed by atoms with Crippen molar-refractivity contribution in [3.63, 3.8) is 0 Å². The molecule has 0 heterocycles. The van der Waals surface area contributed by atoms with Crippen molar-refractivity contribution in [3.05, 3.63) is 11.1 Å². The Bertz CT molecular complexity index is 238. The summed E-state index contributed by atoms with van der Waals surface area (Å²) in [6.45, 7) is 5.22. The Labute approximate surface area is 97.6 Å². The van der Waals surface area contributed by atoms with Crippen molar-refractivity contribution >= 4 is 13.4 Å². The number of allylic oxidation sites excluding steroid dienone is 1. The van der Waals surface area contributed by atoms with E-state index in [4.69, 9.17) is 21.7 Å². The van der Waals surface area contributed by atoms with Gasteiger partial charge in [-0.2, -0.15) is 0 Å². The summed E-state index contributed by atoms with van der Waals surface area (Å²) in [5, 5.41) is 19.8. The van der Waals surface area contributed by atoms with Crippen LogP contribution in [0.1, 0.15) is 32.1 Å². The second kappa shape index (κ2) is 8.19. The molecule has 0 saturated heterocycles. The predicted molar refractivity (Wildman–Crippen MR) is 68.3 cm³/mol. The van der Waals surface area contributed by atoms with Crippen LogP contribution < -0.4 is 5.73 Å². The van der Waals surface area contributed by atoms with E-state index in [0.717, 1.165) is 12.3 Å². The number of nitrogens with two attached hydrogens (primary N) is 1. The number of hydrogen-bond donors (Lipinski definition) is 4. The van der Waals surface area contributed by atoms with Crippen LogP contribution in [0.5, 0.6) is 0 Å². The average molecular weight is 225 g/mol. The molecule has 4 heteroatoms. The summed E-state index contributed by atoms with van der Waals surface area (Å²) in [4.78, 5) is 0. The maximum atomic E-state index is 8.76. The molecule has 2 unspecified atom stereocenters. The van der Waals surface area contributed by atoms with Crippen LogP contribution in [-0.2, 0) is 0 Å². The van der Waals surface area contributed by atoms with Crippen molar-refractivity contribution in [2.45, 2.75) is 38.1 Å². The quantitative estimate of drug-likeness (QED) is 0.435. The van der Waals surface area contributed by atoms with Crippen molar-refractivity contribution in [2.75, 3.05) is 6.61 Å². The zero-order valence-electron chi connectivity index (χ0n) is 9.84. The van der Waals surface area contributed by atoms with E-state index in [9.17, 15) is 0 Å². The van der Waals surface area contributed by atoms with Gasteiger partial charge in [0.05, 0.1) is 0 Å². The highest BCUT2D eigenvalue weighted by atomic mass is 16.3. The third kappa shape index (κ3) is 3.54. The van der Waals surface area contributed by atoms with E-state index in [1.807, 2.05) is 0 Å². The van der Waals surface area contributed by atoms with Gasteiger partial charge in [-0.25, -0.2) is 0 Å². The van der Waals surface area contributed by atoms with Crippen LogP contribution in [0.25, 0.3) is 0 Å². The van der Waals surface area contributed by atoms with Crippen molar-refractivity contribution in [2.24, 2.45) is 11.7 Å². The second-order valence-electron chi connectivity index (χ2n) is 4.06. The maximum Gasteiger partial charge on any atom is 0.0448 e. The molecule has 0 aromatic heterocycles. The zero-order valence-corrected chi connectivity index (χ0v) is 9.84. The fraction of sp³-hybridized carbons (Fsp3) is 0.667. The number of aliphatic hydroxyl groups is 1. The molecule has 0 radical (unpaired) electrons. The van der Waals surface area contributed by atoms with Gasteiger partial charge in [-0.1, -0.05) is 11.1 Å². The number of aliphatic hydroxyl groups excluding tert-OH is 1. The van der Waals surface area contributed by atoms with Crippen LogP contribution >= 0.6 is 0 Å². The van der Waals surface area contributed by atoms with Gasteiger partial charge < -0.3 is 21.7 Å². The van der Waals surface area contributed by atoms with Gasteiger partial charge in [-0.3, -0.25) is 0 Å². The molecular weight excluding hydrogens is 202 g/mol. The lowest BCUT2D eigenvalue weighted by Gasteiger charge is -2.17. The molecule has 0 aromatic carbocycles. The third-order valence-electron chi connectivity index (χ3n) is 3.24. The summed E-state index contributed by atoms with van der Waals surface area (Å²) in [7, 11) is 0. The fourth-order valence-corrected chi connectivity index (χ4v) is 2.58. The number of fused-ring (bicyclic) bond motifs is 2. The lowest BCUT2D eigenvalue weighted by molar-refractivity contribution is 0.279. The number of hydrogen-bond acceptors (Lipinski definition) is 4. The summed E-state index contributed by atoms with van der Waals surface area (Å²) in [5.74, 6) is 0.903. The molecule has 2 rings (SSSR count). The summed E-state index contributed by atoms with van der Waals surface area (Å²) in [5.41, 5.74) is 9.04. The van der Waals surface area contributed by atoms with E-state index in [2.05, 4.69) is 13.4 Å². The van der Waals surface area contributed by atoms with Crippen LogP contribution in [0, 0.1) is 16.7 Å². The number of rotatable bonds is 3. The fourth-order valence-electron chi connectivity index (χ4n) is 2.58. The van der Waals surface area contributed by atoms with Gasteiger partial charge in [-0.15, -0.1) is 0 Å². The highest BCUT2D eigenvalue weighted by molar-refractivity contribution is 5.29. The Kier molecular flexibility index (Phi) is 7.68. The molecule has 1 fully saturated rings. The normalized spacial score (nSPS) is 23.0. The Hall–Kier alpha value is -1.00. The lowest BCUT2D eigenvalue weighted by atomic mass is 9.93. The SMILES string of the molecule is C=N.C=N.NC(CCO)C1=C2CCC(C2)C1. The first-order chi connectivity index (χ1) is 7.81. The largest absolute Gasteiger partial charge is 0.396 e. The first-order valence-corrected chi connectivity index (χ1v) is 5.59. The third-order valence-corrected chi connectivity index (χ3v) is 3.24. The first kappa shape index (κ1) is 15.0. The molecule has 2 aliphatic rings. The molecule has 2 bridgehead atoms.